The van der Waals surface area contributed by atoms with Crippen LogP contribution in [0, 0.1) is 0 Å². The zero-order valence-electron chi connectivity index (χ0n) is 45.7. The largest absolute Gasteiger partial charge is 0.454 e. The first-order valence-electron chi connectivity index (χ1n) is 28.8. The minimum atomic E-state index is -1.64. The molecule has 0 spiro atoms. The summed E-state index contributed by atoms with van der Waals surface area (Å²) in [6.45, 7) is 5.56. The van der Waals surface area contributed by atoms with Crippen molar-refractivity contribution in [3.8, 4) is 0 Å². The number of rotatable bonds is 46. The second-order valence-corrected chi connectivity index (χ2v) is 19.5. The molecule has 8 atom stereocenters. The SMILES string of the molecule is CC\C=C/C=C/C=C/C=C\C=C\C=C\CCCCCC(=O)OC1C(OCC(NC(=O)C(O)CCCCCCC/C=C/C=C/CCCCC)C(O)/C=C/CCCCCCCCCCCCC)OC(CO)C(O)C1O. The van der Waals surface area contributed by atoms with E-state index in [0.717, 1.165) is 89.9 Å². The third-order valence-corrected chi connectivity index (χ3v) is 12.8. The molecular formula is C62H103NO10. The number of carbonyl (C=O) groups excluding carboxylic acids is 2. The van der Waals surface area contributed by atoms with Crippen LogP contribution in [0.4, 0.5) is 0 Å². The van der Waals surface area contributed by atoms with Gasteiger partial charge in [0.1, 0.15) is 24.4 Å². The summed E-state index contributed by atoms with van der Waals surface area (Å²) in [5.74, 6) is -1.26. The highest BCUT2D eigenvalue weighted by Gasteiger charge is 2.47. The molecule has 1 heterocycles. The minimum Gasteiger partial charge on any atom is -0.454 e. The van der Waals surface area contributed by atoms with Crippen LogP contribution in [-0.4, -0.2) is 99.6 Å². The predicted octanol–water partition coefficient (Wildman–Crippen LogP) is 12.9. The summed E-state index contributed by atoms with van der Waals surface area (Å²) in [7, 11) is 0. The number of hydrogen-bond donors (Lipinski definition) is 6. The number of aliphatic hydroxyl groups excluding tert-OH is 5. The first-order chi connectivity index (χ1) is 35.7. The summed E-state index contributed by atoms with van der Waals surface area (Å²) in [6, 6.07) is -1.05. The maximum Gasteiger partial charge on any atom is 0.306 e. The van der Waals surface area contributed by atoms with E-state index < -0.39 is 67.4 Å². The summed E-state index contributed by atoms with van der Waals surface area (Å²) in [5, 5.41) is 56.8. The molecule has 1 saturated heterocycles. The molecule has 1 amide bonds. The molecule has 0 aromatic rings. The maximum absolute atomic E-state index is 13.4. The van der Waals surface area contributed by atoms with E-state index >= 15 is 0 Å². The summed E-state index contributed by atoms with van der Waals surface area (Å²) in [6.07, 6.45) is 55.5. The molecule has 0 saturated carbocycles. The molecule has 11 heteroatoms. The van der Waals surface area contributed by atoms with Gasteiger partial charge in [-0.05, 0) is 70.6 Å². The summed E-state index contributed by atoms with van der Waals surface area (Å²) >= 11 is 0. The normalized spacial score (nSPS) is 20.2. The van der Waals surface area contributed by atoms with Gasteiger partial charge < -0.3 is 45.1 Å². The summed E-state index contributed by atoms with van der Waals surface area (Å²) < 4.78 is 17.5. The van der Waals surface area contributed by atoms with Crippen LogP contribution in [0.3, 0.4) is 0 Å². The standard InChI is InChI=1S/C62H103NO10/c1-4-7-10-13-16-19-22-25-27-28-29-32-35-38-41-44-47-50-57(67)73-60-59(69)58(68)56(51-64)72-62(60)71-52-53(54(65)48-45-42-39-36-33-30-24-21-18-15-12-9-6-3)63-61(70)55(66)49-46-43-40-37-34-31-26-23-20-17-14-11-8-5-2/h7,10,13,16-17,19-20,22-23,25-29,32,35,45,48,53-56,58-60,62,64-66,68-69H,4-6,8-9,11-12,14-15,18,21,24,30-31,33-34,36-44,46-47,49-52H2,1-3H3,(H,63,70)/b10-7-,16-13+,20-17+,22-19+,26-23+,27-25-,29-28+,35-32+,48-45+. The Morgan fingerprint density at radius 1 is 0.548 bits per heavy atom. The van der Waals surface area contributed by atoms with Gasteiger partial charge in [0.25, 0.3) is 0 Å². The molecule has 11 nitrogen and oxygen atoms in total. The van der Waals surface area contributed by atoms with Crippen molar-refractivity contribution in [1.29, 1.82) is 0 Å². The van der Waals surface area contributed by atoms with Crippen LogP contribution in [-0.2, 0) is 23.8 Å². The Bertz CT molecular complexity index is 1600. The van der Waals surface area contributed by atoms with E-state index in [-0.39, 0.29) is 19.4 Å². The number of hydrogen-bond acceptors (Lipinski definition) is 10. The van der Waals surface area contributed by atoms with Crippen molar-refractivity contribution in [3.05, 3.63) is 109 Å². The van der Waals surface area contributed by atoms with E-state index in [0.29, 0.717) is 12.8 Å². The van der Waals surface area contributed by atoms with Crippen LogP contribution in [0.25, 0.3) is 0 Å². The Kier molecular flexibility index (Phi) is 45.4. The molecule has 1 rings (SSSR count). The average Bonchev–Trinajstić information content (AvgIpc) is 3.39. The quantitative estimate of drug-likeness (QED) is 0.0149. The van der Waals surface area contributed by atoms with Crippen LogP contribution in [0.15, 0.2) is 109 Å². The second kappa shape index (κ2) is 49.2. The first kappa shape index (κ1) is 67.3. The topological polar surface area (TPSA) is 175 Å². The molecule has 1 aliphatic rings. The molecule has 1 aliphatic heterocycles. The van der Waals surface area contributed by atoms with E-state index in [1.165, 1.54) is 70.6 Å². The van der Waals surface area contributed by atoms with E-state index in [1.54, 1.807) is 6.08 Å². The highest BCUT2D eigenvalue weighted by molar-refractivity contribution is 5.80. The number of amides is 1. The summed E-state index contributed by atoms with van der Waals surface area (Å²) in [4.78, 5) is 26.5. The van der Waals surface area contributed by atoms with Gasteiger partial charge in [-0.25, -0.2) is 0 Å². The lowest BCUT2D eigenvalue weighted by molar-refractivity contribution is -0.305. The molecule has 6 N–H and O–H groups in total. The Labute approximate surface area is 443 Å². The Hall–Kier alpha value is -3.68. The fourth-order valence-corrected chi connectivity index (χ4v) is 8.26. The smallest absolute Gasteiger partial charge is 0.306 e. The lowest BCUT2D eigenvalue weighted by Gasteiger charge is -2.41. The van der Waals surface area contributed by atoms with Crippen LogP contribution in [0.2, 0.25) is 0 Å². The second-order valence-electron chi connectivity index (χ2n) is 19.5. The molecule has 0 radical (unpaired) electrons. The van der Waals surface area contributed by atoms with Crippen molar-refractivity contribution in [3.63, 3.8) is 0 Å². The van der Waals surface area contributed by atoms with Gasteiger partial charge in [-0.2, -0.15) is 0 Å². The summed E-state index contributed by atoms with van der Waals surface area (Å²) in [5.41, 5.74) is 0. The van der Waals surface area contributed by atoms with Gasteiger partial charge in [0.15, 0.2) is 12.4 Å². The molecule has 0 bridgehead atoms. The molecular weight excluding hydrogens is 919 g/mol. The Morgan fingerprint density at radius 3 is 1.52 bits per heavy atom. The highest BCUT2D eigenvalue weighted by atomic mass is 16.7. The Balaban J connectivity index is 2.79. The van der Waals surface area contributed by atoms with Gasteiger partial charge in [0.05, 0.1) is 25.4 Å². The monoisotopic (exact) mass is 1020 g/mol. The van der Waals surface area contributed by atoms with Crippen LogP contribution in [0.1, 0.15) is 207 Å². The zero-order chi connectivity index (χ0) is 53.3. The molecule has 416 valence electrons. The number of carbonyl (C=O) groups is 2. The van der Waals surface area contributed by atoms with Crippen molar-refractivity contribution in [2.24, 2.45) is 0 Å². The minimum absolute atomic E-state index is 0.0646. The Morgan fingerprint density at radius 2 is 0.986 bits per heavy atom. The van der Waals surface area contributed by atoms with Crippen LogP contribution < -0.4 is 5.32 Å². The van der Waals surface area contributed by atoms with Gasteiger partial charge in [0.2, 0.25) is 5.91 Å². The van der Waals surface area contributed by atoms with Gasteiger partial charge in [0, 0.05) is 6.42 Å². The zero-order valence-corrected chi connectivity index (χ0v) is 45.7. The molecule has 0 aliphatic carbocycles. The predicted molar refractivity (Wildman–Crippen MR) is 301 cm³/mol. The van der Waals surface area contributed by atoms with E-state index in [1.807, 2.05) is 66.8 Å². The maximum atomic E-state index is 13.4. The van der Waals surface area contributed by atoms with Gasteiger partial charge in [-0.1, -0.05) is 239 Å². The van der Waals surface area contributed by atoms with Crippen molar-refractivity contribution in [2.75, 3.05) is 13.2 Å². The lowest BCUT2D eigenvalue weighted by atomic mass is 9.99. The molecule has 0 aromatic carbocycles. The third kappa shape index (κ3) is 37.7. The van der Waals surface area contributed by atoms with Crippen LogP contribution >= 0.6 is 0 Å². The lowest BCUT2D eigenvalue weighted by Crippen LogP contribution is -2.61. The average molecular weight is 1020 g/mol. The fraction of sp³-hybridized carbons (Fsp3) is 0.677. The first-order valence-corrected chi connectivity index (χ1v) is 28.8. The number of allylic oxidation sites excluding steroid dienone is 17. The fourth-order valence-electron chi connectivity index (χ4n) is 8.26. The molecule has 8 unspecified atom stereocenters. The van der Waals surface area contributed by atoms with Gasteiger partial charge in [-0.3, -0.25) is 9.59 Å². The van der Waals surface area contributed by atoms with Gasteiger partial charge >= 0.3 is 5.97 Å². The number of aliphatic hydroxyl groups is 5. The number of nitrogens with one attached hydrogen (secondary N) is 1. The van der Waals surface area contributed by atoms with Crippen LogP contribution in [0.5, 0.6) is 0 Å². The van der Waals surface area contributed by atoms with E-state index in [9.17, 15) is 35.1 Å². The van der Waals surface area contributed by atoms with E-state index in [4.69, 9.17) is 14.2 Å². The number of unbranched alkanes of at least 4 members (excludes halogenated alkanes) is 22. The van der Waals surface area contributed by atoms with Crippen molar-refractivity contribution >= 4 is 11.9 Å². The molecule has 1 fully saturated rings. The third-order valence-electron chi connectivity index (χ3n) is 12.8. The van der Waals surface area contributed by atoms with Crippen molar-refractivity contribution in [2.45, 2.75) is 256 Å². The molecule has 73 heavy (non-hydrogen) atoms. The molecule has 0 aromatic heterocycles. The van der Waals surface area contributed by atoms with Crippen molar-refractivity contribution in [1.82, 2.24) is 5.32 Å². The number of esters is 1. The number of ether oxygens (including phenoxy) is 3. The van der Waals surface area contributed by atoms with Gasteiger partial charge in [-0.15, -0.1) is 0 Å². The van der Waals surface area contributed by atoms with E-state index in [2.05, 4.69) is 62.5 Å². The highest BCUT2D eigenvalue weighted by Crippen LogP contribution is 2.26. The van der Waals surface area contributed by atoms with Crippen molar-refractivity contribution < 1.29 is 49.3 Å².